The highest BCUT2D eigenvalue weighted by atomic mass is 16.2. The van der Waals surface area contributed by atoms with E-state index in [2.05, 4.69) is 29.0 Å². The summed E-state index contributed by atoms with van der Waals surface area (Å²) in [7, 11) is 0. The van der Waals surface area contributed by atoms with E-state index in [0.29, 0.717) is 25.2 Å². The number of amides is 2. The lowest BCUT2D eigenvalue weighted by atomic mass is 9.95. The largest absolute Gasteiger partial charge is 0.352 e. The first-order valence-corrected chi connectivity index (χ1v) is 10.4. The van der Waals surface area contributed by atoms with E-state index in [9.17, 15) is 9.59 Å². The van der Waals surface area contributed by atoms with Crippen molar-refractivity contribution >= 4 is 11.8 Å². The van der Waals surface area contributed by atoms with Gasteiger partial charge in [0.25, 0.3) is 0 Å². The third-order valence-electron chi connectivity index (χ3n) is 6.11. The highest BCUT2D eigenvalue weighted by Gasteiger charge is 2.31. The number of nitrogens with zero attached hydrogens (tertiary/aromatic N) is 2. The van der Waals surface area contributed by atoms with Gasteiger partial charge in [-0.05, 0) is 64.6 Å². The fraction of sp³-hybridized carbons (Fsp3) is 0.636. The first-order valence-electron chi connectivity index (χ1n) is 10.4. The molecule has 5 nitrogen and oxygen atoms in total. The summed E-state index contributed by atoms with van der Waals surface area (Å²) in [5.74, 6) is 0.456. The molecule has 27 heavy (non-hydrogen) atoms. The maximum absolute atomic E-state index is 12.8. The van der Waals surface area contributed by atoms with Crippen molar-refractivity contribution in [2.45, 2.75) is 64.6 Å². The van der Waals surface area contributed by atoms with Gasteiger partial charge in [0.05, 0.1) is 6.54 Å². The van der Waals surface area contributed by atoms with Crippen molar-refractivity contribution in [3.05, 3.63) is 35.9 Å². The van der Waals surface area contributed by atoms with Crippen LogP contribution in [0.2, 0.25) is 0 Å². The Hall–Kier alpha value is -1.88. The van der Waals surface area contributed by atoms with Gasteiger partial charge < -0.3 is 10.2 Å². The molecule has 2 amide bonds. The molecular formula is C22H33N3O2. The Morgan fingerprint density at radius 3 is 2.26 bits per heavy atom. The second-order valence-electron chi connectivity index (χ2n) is 8.18. The molecule has 0 bridgehead atoms. The average molecular weight is 372 g/mol. The van der Waals surface area contributed by atoms with Crippen LogP contribution in [-0.4, -0.2) is 53.3 Å². The minimum absolute atomic E-state index is 0.0629. The fourth-order valence-corrected chi connectivity index (χ4v) is 4.47. The van der Waals surface area contributed by atoms with Crippen LogP contribution in [0.25, 0.3) is 0 Å². The number of carbonyl (C=O) groups excluding carboxylic acids is 2. The van der Waals surface area contributed by atoms with Gasteiger partial charge in [0.1, 0.15) is 0 Å². The molecule has 2 unspecified atom stereocenters. The predicted octanol–water partition coefficient (Wildman–Crippen LogP) is 2.80. The van der Waals surface area contributed by atoms with E-state index in [4.69, 9.17) is 0 Å². The lowest BCUT2D eigenvalue weighted by Gasteiger charge is -2.41. The molecule has 0 radical (unpaired) electrons. The molecule has 0 aliphatic carbocycles. The molecule has 3 rings (SSSR count). The summed E-state index contributed by atoms with van der Waals surface area (Å²) in [4.78, 5) is 29.5. The Morgan fingerprint density at radius 2 is 1.63 bits per heavy atom. The van der Waals surface area contributed by atoms with E-state index in [-0.39, 0.29) is 17.7 Å². The third kappa shape index (κ3) is 5.32. The normalized spacial score (nSPS) is 24.6. The summed E-state index contributed by atoms with van der Waals surface area (Å²) in [6.07, 6.45) is 5.10. The van der Waals surface area contributed by atoms with Gasteiger partial charge >= 0.3 is 0 Å². The molecule has 1 aromatic carbocycles. The van der Waals surface area contributed by atoms with Crippen LogP contribution in [-0.2, 0) is 16.1 Å². The molecule has 2 atom stereocenters. The number of rotatable bonds is 5. The van der Waals surface area contributed by atoms with Gasteiger partial charge in [-0.1, -0.05) is 30.3 Å². The van der Waals surface area contributed by atoms with Gasteiger partial charge in [-0.3, -0.25) is 14.5 Å². The van der Waals surface area contributed by atoms with Gasteiger partial charge in [-0.15, -0.1) is 0 Å². The second kappa shape index (κ2) is 9.36. The van der Waals surface area contributed by atoms with Gasteiger partial charge in [0, 0.05) is 24.5 Å². The molecule has 0 spiro atoms. The first-order chi connectivity index (χ1) is 13.0. The van der Waals surface area contributed by atoms with E-state index < -0.39 is 0 Å². The summed E-state index contributed by atoms with van der Waals surface area (Å²) >= 11 is 0. The van der Waals surface area contributed by atoms with Gasteiger partial charge in [0.15, 0.2) is 0 Å². The SMILES string of the molecule is CC1CCCC(C)N1C(=O)CN1CCC(C(=O)NCc2ccccc2)CC1. The zero-order chi connectivity index (χ0) is 19.2. The van der Waals surface area contributed by atoms with Crippen LogP contribution in [0.1, 0.15) is 51.5 Å². The lowest BCUT2D eigenvalue weighted by molar-refractivity contribution is -0.139. The smallest absolute Gasteiger partial charge is 0.237 e. The molecule has 1 N–H and O–H groups in total. The van der Waals surface area contributed by atoms with Crippen LogP contribution >= 0.6 is 0 Å². The number of nitrogens with one attached hydrogen (secondary N) is 1. The van der Waals surface area contributed by atoms with Crippen LogP contribution in [0, 0.1) is 5.92 Å². The molecule has 2 aliphatic rings. The van der Waals surface area contributed by atoms with E-state index in [1.807, 2.05) is 30.3 Å². The number of carbonyl (C=O) groups is 2. The van der Waals surface area contributed by atoms with Crippen molar-refractivity contribution in [2.75, 3.05) is 19.6 Å². The zero-order valence-corrected chi connectivity index (χ0v) is 16.7. The Labute approximate surface area is 163 Å². The average Bonchev–Trinajstić information content (AvgIpc) is 2.67. The number of piperidine rings is 2. The third-order valence-corrected chi connectivity index (χ3v) is 6.11. The minimum Gasteiger partial charge on any atom is -0.352 e. The topological polar surface area (TPSA) is 52.7 Å². The van der Waals surface area contributed by atoms with E-state index >= 15 is 0 Å². The van der Waals surface area contributed by atoms with Crippen LogP contribution < -0.4 is 5.32 Å². The molecule has 0 aromatic heterocycles. The summed E-state index contributed by atoms with van der Waals surface area (Å²) in [6, 6.07) is 10.7. The molecular weight excluding hydrogens is 338 g/mol. The highest BCUT2D eigenvalue weighted by molar-refractivity contribution is 5.80. The van der Waals surface area contributed by atoms with Crippen molar-refractivity contribution < 1.29 is 9.59 Å². The first kappa shape index (κ1) is 19.9. The lowest BCUT2D eigenvalue weighted by Crippen LogP contribution is -2.52. The Morgan fingerprint density at radius 1 is 1.00 bits per heavy atom. The van der Waals surface area contributed by atoms with Gasteiger partial charge in [-0.2, -0.15) is 0 Å². The van der Waals surface area contributed by atoms with Crippen LogP contribution in [0.3, 0.4) is 0 Å². The zero-order valence-electron chi connectivity index (χ0n) is 16.7. The summed E-state index contributed by atoms with van der Waals surface area (Å²) < 4.78 is 0. The number of likely N-dealkylation sites (tertiary alicyclic amines) is 2. The van der Waals surface area contributed by atoms with E-state index in [1.54, 1.807) is 0 Å². The highest BCUT2D eigenvalue weighted by Crippen LogP contribution is 2.24. The monoisotopic (exact) mass is 371 g/mol. The maximum Gasteiger partial charge on any atom is 0.237 e. The van der Waals surface area contributed by atoms with Crippen LogP contribution in [0.15, 0.2) is 30.3 Å². The Bertz CT molecular complexity index is 616. The summed E-state index contributed by atoms with van der Waals surface area (Å²) in [5.41, 5.74) is 1.12. The van der Waals surface area contributed by atoms with E-state index in [0.717, 1.165) is 44.3 Å². The van der Waals surface area contributed by atoms with Crippen molar-refractivity contribution in [1.29, 1.82) is 0 Å². The maximum atomic E-state index is 12.8. The summed E-state index contributed by atoms with van der Waals surface area (Å²) in [5, 5.41) is 3.05. The molecule has 148 valence electrons. The molecule has 2 saturated heterocycles. The number of hydrogen-bond acceptors (Lipinski definition) is 3. The molecule has 2 aliphatic heterocycles. The summed E-state index contributed by atoms with van der Waals surface area (Å²) in [6.45, 7) is 7.06. The number of hydrogen-bond donors (Lipinski definition) is 1. The van der Waals surface area contributed by atoms with Gasteiger partial charge in [0.2, 0.25) is 11.8 Å². The van der Waals surface area contributed by atoms with Crippen LogP contribution in [0.5, 0.6) is 0 Å². The van der Waals surface area contributed by atoms with Gasteiger partial charge in [-0.25, -0.2) is 0 Å². The standard InChI is InChI=1S/C22H33N3O2/c1-17-7-6-8-18(2)25(17)21(26)16-24-13-11-20(12-14-24)22(27)23-15-19-9-4-3-5-10-19/h3-5,9-10,17-18,20H,6-8,11-16H2,1-2H3,(H,23,27). The van der Waals surface area contributed by atoms with E-state index in [1.165, 1.54) is 6.42 Å². The minimum atomic E-state index is 0.0629. The molecule has 5 heteroatoms. The fourth-order valence-electron chi connectivity index (χ4n) is 4.47. The van der Waals surface area contributed by atoms with Crippen molar-refractivity contribution in [3.63, 3.8) is 0 Å². The van der Waals surface area contributed by atoms with Crippen molar-refractivity contribution in [3.8, 4) is 0 Å². The predicted molar refractivity (Wildman–Crippen MR) is 107 cm³/mol. The van der Waals surface area contributed by atoms with Crippen molar-refractivity contribution in [1.82, 2.24) is 15.1 Å². The molecule has 2 heterocycles. The van der Waals surface area contributed by atoms with Crippen LogP contribution in [0.4, 0.5) is 0 Å². The Kier molecular flexibility index (Phi) is 6.89. The Balaban J connectivity index is 1.42. The quantitative estimate of drug-likeness (QED) is 0.866. The molecule has 2 fully saturated rings. The van der Waals surface area contributed by atoms with Crippen molar-refractivity contribution in [2.24, 2.45) is 5.92 Å². The second-order valence-corrected chi connectivity index (χ2v) is 8.18. The number of benzene rings is 1. The molecule has 1 aromatic rings. The molecule has 0 saturated carbocycles.